The summed E-state index contributed by atoms with van der Waals surface area (Å²) >= 11 is 0. The SMILES string of the molecule is CC(O)=c1c(O)c2c3c(c1O)c(=O)cc1oc4cccc(=O)c4c(c13)[C@@H](O)[C@@H]2C. The summed E-state index contributed by atoms with van der Waals surface area (Å²) in [5.41, 5.74) is -0.0292. The smallest absolute Gasteiger partial charge is 0.193 e. The molecule has 4 N–H and O–H groups in total. The minimum atomic E-state index is -1.18. The maximum Gasteiger partial charge on any atom is 0.193 e. The van der Waals surface area contributed by atoms with Gasteiger partial charge in [-0.1, -0.05) is 13.0 Å². The first-order chi connectivity index (χ1) is 13.7. The number of hydrogen-bond acceptors (Lipinski definition) is 7. The van der Waals surface area contributed by atoms with E-state index in [1.165, 1.54) is 25.1 Å². The number of phenols is 2. The lowest BCUT2D eigenvalue weighted by Crippen LogP contribution is -2.22. The van der Waals surface area contributed by atoms with Crippen LogP contribution in [0.2, 0.25) is 0 Å². The second kappa shape index (κ2) is 5.48. The third kappa shape index (κ3) is 2.00. The van der Waals surface area contributed by atoms with Crippen LogP contribution >= 0.6 is 0 Å². The molecule has 0 spiro atoms. The van der Waals surface area contributed by atoms with Crippen molar-refractivity contribution in [3.8, 4) is 11.5 Å². The molecule has 0 amide bonds. The second-order valence-corrected chi connectivity index (χ2v) is 7.45. The van der Waals surface area contributed by atoms with Gasteiger partial charge < -0.3 is 24.8 Å². The van der Waals surface area contributed by atoms with Crippen LogP contribution in [0.25, 0.3) is 38.5 Å². The zero-order chi connectivity index (χ0) is 20.8. The van der Waals surface area contributed by atoms with Crippen molar-refractivity contribution in [2.75, 3.05) is 0 Å². The van der Waals surface area contributed by atoms with Crippen molar-refractivity contribution in [3.63, 3.8) is 0 Å². The number of phenolic OH excluding ortho intramolecular Hbond substituents is 2. The molecule has 4 aromatic rings. The summed E-state index contributed by atoms with van der Waals surface area (Å²) in [6.07, 6.45) is -1.18. The first-order valence-electron chi connectivity index (χ1n) is 9.05. The Morgan fingerprint density at radius 2 is 1.66 bits per heavy atom. The number of aliphatic hydroxyl groups excluding tert-OH is 2. The first-order valence-corrected chi connectivity index (χ1v) is 9.05. The van der Waals surface area contributed by atoms with Gasteiger partial charge in [0.25, 0.3) is 0 Å². The number of aromatic hydroxyl groups is 2. The highest BCUT2D eigenvalue weighted by molar-refractivity contribution is 6.16. The highest BCUT2D eigenvalue weighted by atomic mass is 16.3. The normalized spacial score (nSPS) is 19.4. The topological polar surface area (TPSA) is 128 Å². The Morgan fingerprint density at radius 1 is 0.931 bits per heavy atom. The second-order valence-electron chi connectivity index (χ2n) is 7.45. The van der Waals surface area contributed by atoms with Gasteiger partial charge in [-0.2, -0.15) is 0 Å². The third-order valence-corrected chi connectivity index (χ3v) is 5.82. The van der Waals surface area contributed by atoms with Gasteiger partial charge in [0, 0.05) is 33.9 Å². The fraction of sp³-hybridized carbons (Fsp3) is 0.182. The predicted octanol–water partition coefficient (Wildman–Crippen LogP) is 2.43. The summed E-state index contributed by atoms with van der Waals surface area (Å²) in [7, 11) is 0. The van der Waals surface area contributed by atoms with Crippen molar-refractivity contribution >= 4 is 38.5 Å². The molecule has 0 fully saturated rings. The maximum absolute atomic E-state index is 12.9. The van der Waals surface area contributed by atoms with Gasteiger partial charge in [-0.05, 0) is 19.1 Å². The van der Waals surface area contributed by atoms with E-state index in [1.807, 2.05) is 0 Å². The van der Waals surface area contributed by atoms with E-state index in [0.717, 1.165) is 0 Å². The van der Waals surface area contributed by atoms with Crippen LogP contribution in [0.4, 0.5) is 0 Å². The molecule has 1 aliphatic carbocycles. The van der Waals surface area contributed by atoms with Gasteiger partial charge in [0.05, 0.1) is 22.1 Å². The summed E-state index contributed by atoms with van der Waals surface area (Å²) in [4.78, 5) is 25.4. The summed E-state index contributed by atoms with van der Waals surface area (Å²) in [6, 6.07) is 5.64. The number of rotatable bonds is 0. The van der Waals surface area contributed by atoms with Crippen molar-refractivity contribution in [3.05, 3.63) is 61.1 Å². The van der Waals surface area contributed by atoms with E-state index in [9.17, 15) is 30.0 Å². The molecule has 2 atom stereocenters. The molecule has 1 aromatic heterocycles. The number of benzene rings is 3. The minimum Gasteiger partial charge on any atom is -0.512 e. The van der Waals surface area contributed by atoms with Crippen LogP contribution in [0.15, 0.2) is 38.3 Å². The van der Waals surface area contributed by atoms with Gasteiger partial charge in [0.2, 0.25) is 0 Å². The van der Waals surface area contributed by atoms with Gasteiger partial charge >= 0.3 is 0 Å². The van der Waals surface area contributed by atoms with Crippen LogP contribution < -0.4 is 16.1 Å². The molecule has 5 rings (SSSR count). The summed E-state index contributed by atoms with van der Waals surface area (Å²) in [5, 5.41) is 43.0. The summed E-state index contributed by atoms with van der Waals surface area (Å²) in [5.74, 6) is -2.07. The van der Waals surface area contributed by atoms with E-state index in [0.29, 0.717) is 10.9 Å². The monoisotopic (exact) mass is 392 g/mol. The predicted molar refractivity (Wildman–Crippen MR) is 107 cm³/mol. The molecule has 0 unspecified atom stereocenters. The fourth-order valence-corrected chi connectivity index (χ4v) is 4.57. The lowest BCUT2D eigenvalue weighted by Gasteiger charge is -2.30. The zero-order valence-corrected chi connectivity index (χ0v) is 15.5. The molecule has 0 aliphatic heterocycles. The van der Waals surface area contributed by atoms with Crippen LogP contribution in [-0.2, 0) is 0 Å². The molecule has 7 heteroatoms. The van der Waals surface area contributed by atoms with Crippen LogP contribution in [0.5, 0.6) is 11.5 Å². The van der Waals surface area contributed by atoms with Crippen molar-refractivity contribution in [1.82, 2.24) is 0 Å². The molecule has 1 aliphatic rings. The molecule has 0 saturated heterocycles. The van der Waals surface area contributed by atoms with Gasteiger partial charge in [0.15, 0.2) is 10.9 Å². The minimum absolute atomic E-state index is 0.105. The molecule has 29 heavy (non-hydrogen) atoms. The molecular weight excluding hydrogens is 376 g/mol. The van der Waals surface area contributed by atoms with Crippen molar-refractivity contribution in [2.24, 2.45) is 0 Å². The Morgan fingerprint density at radius 3 is 2.34 bits per heavy atom. The highest BCUT2D eigenvalue weighted by Gasteiger charge is 2.36. The zero-order valence-electron chi connectivity index (χ0n) is 15.5. The molecular formula is C22H16O7. The average molecular weight is 392 g/mol. The molecule has 0 saturated carbocycles. The summed E-state index contributed by atoms with van der Waals surface area (Å²) < 4.78 is 5.80. The van der Waals surface area contributed by atoms with E-state index in [4.69, 9.17) is 4.42 Å². The first kappa shape index (κ1) is 17.5. The molecule has 0 radical (unpaired) electrons. The van der Waals surface area contributed by atoms with Crippen LogP contribution in [0, 0.1) is 0 Å². The molecule has 1 heterocycles. The number of hydrogen-bond donors (Lipinski definition) is 4. The van der Waals surface area contributed by atoms with Crippen molar-refractivity contribution < 1.29 is 24.8 Å². The van der Waals surface area contributed by atoms with E-state index in [1.54, 1.807) is 13.0 Å². The quantitative estimate of drug-likeness (QED) is 0.267. The molecule has 3 aromatic carbocycles. The highest BCUT2D eigenvalue weighted by Crippen LogP contribution is 2.50. The van der Waals surface area contributed by atoms with Gasteiger partial charge in [-0.3, -0.25) is 9.59 Å². The lowest BCUT2D eigenvalue weighted by molar-refractivity contribution is 0.152. The van der Waals surface area contributed by atoms with Crippen LogP contribution in [0.3, 0.4) is 0 Å². The van der Waals surface area contributed by atoms with E-state index in [-0.39, 0.29) is 49.3 Å². The van der Waals surface area contributed by atoms with Gasteiger partial charge in [-0.25, -0.2) is 0 Å². The van der Waals surface area contributed by atoms with Crippen LogP contribution in [-0.4, -0.2) is 20.4 Å². The molecule has 7 nitrogen and oxygen atoms in total. The largest absolute Gasteiger partial charge is 0.512 e. The van der Waals surface area contributed by atoms with Crippen molar-refractivity contribution in [2.45, 2.75) is 25.9 Å². The molecule has 146 valence electrons. The van der Waals surface area contributed by atoms with Gasteiger partial charge in [0.1, 0.15) is 28.4 Å². The fourth-order valence-electron chi connectivity index (χ4n) is 4.57. The lowest BCUT2D eigenvalue weighted by atomic mass is 9.77. The van der Waals surface area contributed by atoms with Crippen LogP contribution in [0.1, 0.15) is 37.0 Å². The van der Waals surface area contributed by atoms with Gasteiger partial charge in [-0.15, -0.1) is 0 Å². The Bertz CT molecular complexity index is 1560. The maximum atomic E-state index is 12.9. The Hall–Kier alpha value is -3.58. The third-order valence-electron chi connectivity index (χ3n) is 5.82. The van der Waals surface area contributed by atoms with E-state index >= 15 is 0 Å². The average Bonchev–Trinajstić information content (AvgIpc) is 2.64. The Labute approximate surface area is 162 Å². The standard InChI is InChI=1S/C22H16O7/c1-7-13-18-16(22(28)14(8(2)23)21(13)27)10(25)6-12-17(18)19(20(7)26)15-9(24)4-3-5-11(15)29-12/h3-7,20,23,26-28H,1-2H3/t7-,20+/m1/s1. The Kier molecular flexibility index (Phi) is 3.31. The summed E-state index contributed by atoms with van der Waals surface area (Å²) in [6.45, 7) is 2.92. The Balaban J connectivity index is 2.27. The number of fused-ring (bicyclic) bond motifs is 2. The van der Waals surface area contributed by atoms with E-state index < -0.39 is 28.9 Å². The van der Waals surface area contributed by atoms with E-state index in [2.05, 4.69) is 0 Å². The molecule has 0 bridgehead atoms. The van der Waals surface area contributed by atoms with Crippen molar-refractivity contribution in [1.29, 1.82) is 0 Å². The number of aliphatic hydroxyl groups is 2.